The van der Waals surface area contributed by atoms with Crippen LogP contribution >= 0.6 is 0 Å². The largest absolute Gasteiger partial charge is 0.491 e. The van der Waals surface area contributed by atoms with Crippen LogP contribution in [0.25, 0.3) is 0 Å². The number of amides is 1. The summed E-state index contributed by atoms with van der Waals surface area (Å²) in [5.41, 5.74) is 7.69. The van der Waals surface area contributed by atoms with Crippen LogP contribution in [0, 0.1) is 0 Å². The summed E-state index contributed by atoms with van der Waals surface area (Å²) in [6.45, 7) is 3.82. The lowest BCUT2D eigenvalue weighted by Crippen LogP contribution is -2.48. The van der Waals surface area contributed by atoms with Gasteiger partial charge >= 0.3 is 0 Å². The highest BCUT2D eigenvalue weighted by Gasteiger charge is 2.20. The van der Waals surface area contributed by atoms with E-state index in [4.69, 9.17) is 10.5 Å². The van der Waals surface area contributed by atoms with E-state index < -0.39 is 0 Å². The van der Waals surface area contributed by atoms with Gasteiger partial charge in [0.15, 0.2) is 0 Å². The Morgan fingerprint density at radius 2 is 1.64 bits per heavy atom. The third-order valence-corrected chi connectivity index (χ3v) is 4.47. The molecule has 25 heavy (non-hydrogen) atoms. The highest BCUT2D eigenvalue weighted by molar-refractivity contribution is 5.76. The molecule has 0 aliphatic carbocycles. The number of benzene rings is 2. The number of hydrogen-bond donors (Lipinski definition) is 1. The van der Waals surface area contributed by atoms with Gasteiger partial charge in [0.1, 0.15) is 5.75 Å². The van der Waals surface area contributed by atoms with Crippen molar-refractivity contribution in [3.05, 3.63) is 54.6 Å². The first kappa shape index (κ1) is 17.1. The molecule has 132 valence electrons. The number of nitrogen functional groups attached to an aromatic ring is 1. The molecule has 2 aromatic rings. The smallest absolute Gasteiger partial charge is 0.222 e. The molecule has 1 aliphatic heterocycles. The van der Waals surface area contributed by atoms with Gasteiger partial charge in [-0.1, -0.05) is 30.3 Å². The molecule has 1 heterocycles. The molecular weight excluding hydrogens is 314 g/mol. The number of ether oxygens (including phenoxy) is 1. The monoisotopic (exact) mass is 339 g/mol. The molecule has 0 atom stereocenters. The van der Waals surface area contributed by atoms with E-state index in [1.807, 2.05) is 47.4 Å². The Balaban J connectivity index is 1.37. The maximum atomic E-state index is 12.3. The Labute approximate surface area is 149 Å². The van der Waals surface area contributed by atoms with E-state index in [-0.39, 0.29) is 5.91 Å². The number of anilines is 2. The fourth-order valence-electron chi connectivity index (χ4n) is 3.03. The fourth-order valence-corrected chi connectivity index (χ4v) is 3.03. The summed E-state index contributed by atoms with van der Waals surface area (Å²) in [6.07, 6.45) is 1.21. The Kier molecular flexibility index (Phi) is 5.77. The predicted octanol–water partition coefficient (Wildman–Crippen LogP) is 2.78. The summed E-state index contributed by atoms with van der Waals surface area (Å²) in [7, 11) is 0. The number of carbonyl (C=O) groups excluding carboxylic acids is 1. The summed E-state index contributed by atoms with van der Waals surface area (Å²) in [5, 5.41) is 0. The number of rotatable bonds is 6. The van der Waals surface area contributed by atoms with E-state index in [0.717, 1.165) is 26.2 Å². The zero-order valence-electron chi connectivity index (χ0n) is 14.4. The van der Waals surface area contributed by atoms with Gasteiger partial charge in [0, 0.05) is 38.3 Å². The van der Waals surface area contributed by atoms with E-state index in [2.05, 4.69) is 17.0 Å². The van der Waals surface area contributed by atoms with Crippen LogP contribution in [-0.2, 0) is 4.79 Å². The van der Waals surface area contributed by atoms with Crippen molar-refractivity contribution >= 4 is 17.3 Å². The lowest BCUT2D eigenvalue weighted by Gasteiger charge is -2.36. The molecule has 0 radical (unpaired) electrons. The van der Waals surface area contributed by atoms with Crippen LogP contribution in [0.2, 0.25) is 0 Å². The van der Waals surface area contributed by atoms with Gasteiger partial charge in [-0.2, -0.15) is 0 Å². The zero-order chi connectivity index (χ0) is 17.5. The van der Waals surface area contributed by atoms with Crippen LogP contribution in [0.5, 0.6) is 5.75 Å². The van der Waals surface area contributed by atoms with E-state index in [9.17, 15) is 4.79 Å². The molecule has 5 nitrogen and oxygen atoms in total. The minimum Gasteiger partial charge on any atom is -0.491 e. The highest BCUT2D eigenvalue weighted by Crippen LogP contribution is 2.20. The van der Waals surface area contributed by atoms with Crippen molar-refractivity contribution in [2.75, 3.05) is 43.4 Å². The van der Waals surface area contributed by atoms with E-state index in [1.54, 1.807) is 0 Å². The van der Waals surface area contributed by atoms with Crippen molar-refractivity contribution in [1.82, 2.24) is 4.90 Å². The third-order valence-electron chi connectivity index (χ3n) is 4.47. The second kappa shape index (κ2) is 8.42. The molecule has 0 saturated carbocycles. The Morgan fingerprint density at radius 3 is 2.36 bits per heavy atom. The maximum absolute atomic E-state index is 12.3. The fraction of sp³-hybridized carbons (Fsp3) is 0.350. The van der Waals surface area contributed by atoms with Crippen molar-refractivity contribution in [3.8, 4) is 5.75 Å². The third kappa shape index (κ3) is 4.66. The van der Waals surface area contributed by atoms with Crippen molar-refractivity contribution in [3.63, 3.8) is 0 Å². The van der Waals surface area contributed by atoms with E-state index in [1.165, 1.54) is 5.69 Å². The summed E-state index contributed by atoms with van der Waals surface area (Å²) in [5.74, 6) is 0.892. The number of piperazine rings is 1. The second-order valence-corrected chi connectivity index (χ2v) is 6.19. The molecule has 0 bridgehead atoms. The molecule has 2 aromatic carbocycles. The molecule has 1 saturated heterocycles. The second-order valence-electron chi connectivity index (χ2n) is 6.19. The molecule has 1 fully saturated rings. The van der Waals surface area contributed by atoms with Crippen molar-refractivity contribution in [2.24, 2.45) is 0 Å². The lowest BCUT2D eigenvalue weighted by molar-refractivity contribution is -0.131. The zero-order valence-corrected chi connectivity index (χ0v) is 14.4. The first-order valence-electron chi connectivity index (χ1n) is 8.79. The van der Waals surface area contributed by atoms with Gasteiger partial charge in [-0.25, -0.2) is 0 Å². The summed E-state index contributed by atoms with van der Waals surface area (Å²) >= 11 is 0. The van der Waals surface area contributed by atoms with Gasteiger partial charge < -0.3 is 20.3 Å². The molecular formula is C20H25N3O2. The Morgan fingerprint density at radius 1 is 0.960 bits per heavy atom. The maximum Gasteiger partial charge on any atom is 0.222 e. The van der Waals surface area contributed by atoms with Gasteiger partial charge in [-0.15, -0.1) is 0 Å². The molecule has 0 unspecified atom stereocenters. The van der Waals surface area contributed by atoms with Crippen LogP contribution in [-0.4, -0.2) is 43.6 Å². The van der Waals surface area contributed by atoms with Gasteiger partial charge in [-0.05, 0) is 30.7 Å². The van der Waals surface area contributed by atoms with Crippen LogP contribution < -0.4 is 15.4 Å². The average molecular weight is 339 g/mol. The number of para-hydroxylation sites is 3. The molecule has 1 aliphatic rings. The summed E-state index contributed by atoms with van der Waals surface area (Å²) < 4.78 is 5.65. The van der Waals surface area contributed by atoms with Crippen LogP contribution in [0.4, 0.5) is 11.4 Å². The van der Waals surface area contributed by atoms with E-state index in [0.29, 0.717) is 30.9 Å². The van der Waals surface area contributed by atoms with Crippen LogP contribution in [0.1, 0.15) is 12.8 Å². The number of hydrogen-bond acceptors (Lipinski definition) is 4. The first-order valence-corrected chi connectivity index (χ1v) is 8.79. The topological polar surface area (TPSA) is 58.8 Å². The number of nitrogens with two attached hydrogens (primary N) is 1. The highest BCUT2D eigenvalue weighted by atomic mass is 16.5. The van der Waals surface area contributed by atoms with Gasteiger partial charge in [0.25, 0.3) is 0 Å². The van der Waals surface area contributed by atoms with Gasteiger partial charge in [0.2, 0.25) is 5.91 Å². The molecule has 0 spiro atoms. The van der Waals surface area contributed by atoms with Crippen molar-refractivity contribution in [1.29, 1.82) is 0 Å². The average Bonchev–Trinajstić information content (AvgIpc) is 2.67. The van der Waals surface area contributed by atoms with E-state index >= 15 is 0 Å². The number of nitrogens with zero attached hydrogens (tertiary/aromatic N) is 2. The van der Waals surface area contributed by atoms with Crippen molar-refractivity contribution in [2.45, 2.75) is 12.8 Å². The predicted molar refractivity (Wildman–Crippen MR) is 101 cm³/mol. The standard InChI is InChI=1S/C20H25N3O2/c21-18-9-4-5-10-19(18)25-16-6-11-20(24)23-14-12-22(13-15-23)17-7-2-1-3-8-17/h1-5,7-10H,6,11-16,21H2. The SMILES string of the molecule is Nc1ccccc1OCCCC(=O)N1CCN(c2ccccc2)CC1. The minimum absolute atomic E-state index is 0.206. The molecule has 3 rings (SSSR count). The summed E-state index contributed by atoms with van der Waals surface area (Å²) in [4.78, 5) is 16.6. The van der Waals surface area contributed by atoms with Gasteiger partial charge in [0.05, 0.1) is 12.3 Å². The molecule has 1 amide bonds. The van der Waals surface area contributed by atoms with Crippen LogP contribution in [0.3, 0.4) is 0 Å². The van der Waals surface area contributed by atoms with Gasteiger partial charge in [-0.3, -0.25) is 4.79 Å². The molecule has 2 N–H and O–H groups in total. The quantitative estimate of drug-likeness (QED) is 0.649. The number of carbonyl (C=O) groups is 1. The Bertz CT molecular complexity index is 682. The Hall–Kier alpha value is -2.69. The lowest BCUT2D eigenvalue weighted by atomic mass is 10.2. The normalized spacial score (nSPS) is 14.4. The van der Waals surface area contributed by atoms with Crippen molar-refractivity contribution < 1.29 is 9.53 Å². The first-order chi connectivity index (χ1) is 12.2. The molecule has 5 heteroatoms. The van der Waals surface area contributed by atoms with Crippen LogP contribution in [0.15, 0.2) is 54.6 Å². The minimum atomic E-state index is 0.206. The molecule has 0 aromatic heterocycles. The summed E-state index contributed by atoms with van der Waals surface area (Å²) in [6, 6.07) is 17.8.